The number of carboxylic acids is 1. The normalized spacial score (nSPS) is 12.1. The molecule has 5 heteroatoms. The fraction of sp³-hybridized carbons (Fsp3) is 0.111. The number of aliphatic carboxylic acids is 1. The van der Waals surface area contributed by atoms with Crippen molar-refractivity contribution in [3.05, 3.63) is 60.5 Å². The van der Waals surface area contributed by atoms with Gasteiger partial charge in [0.1, 0.15) is 11.6 Å². The first-order valence-corrected chi connectivity index (χ1v) is 7.10. The van der Waals surface area contributed by atoms with E-state index in [9.17, 15) is 9.18 Å². The Morgan fingerprint density at radius 2 is 1.91 bits per heavy atom. The van der Waals surface area contributed by atoms with Crippen molar-refractivity contribution in [1.82, 2.24) is 4.98 Å². The van der Waals surface area contributed by atoms with E-state index in [4.69, 9.17) is 9.84 Å². The minimum Gasteiger partial charge on any atom is -0.479 e. The van der Waals surface area contributed by atoms with E-state index in [1.807, 2.05) is 6.07 Å². The molecule has 0 radical (unpaired) electrons. The second-order valence-electron chi connectivity index (χ2n) is 5.09. The summed E-state index contributed by atoms with van der Waals surface area (Å²) < 4.78 is 19.5. The molecule has 23 heavy (non-hydrogen) atoms. The molecule has 0 fully saturated rings. The predicted octanol–water partition coefficient (Wildman–Crippen LogP) is 3.89. The van der Waals surface area contributed by atoms with Crippen LogP contribution >= 0.6 is 0 Å². The van der Waals surface area contributed by atoms with Gasteiger partial charge in [0.25, 0.3) is 0 Å². The molecule has 0 bridgehead atoms. The molecule has 3 rings (SSSR count). The van der Waals surface area contributed by atoms with Crippen molar-refractivity contribution in [2.24, 2.45) is 0 Å². The zero-order valence-electron chi connectivity index (χ0n) is 12.4. The average Bonchev–Trinajstić information content (AvgIpc) is 2.56. The summed E-state index contributed by atoms with van der Waals surface area (Å²) in [5.41, 5.74) is 1.87. The van der Waals surface area contributed by atoms with Crippen molar-refractivity contribution in [3.63, 3.8) is 0 Å². The summed E-state index contributed by atoms with van der Waals surface area (Å²) in [5.74, 6) is -0.989. The predicted molar refractivity (Wildman–Crippen MR) is 84.9 cm³/mol. The minimum absolute atomic E-state index is 0.353. The average molecular weight is 311 g/mol. The standard InChI is InChI=1S/C18H14FNO3/c1-11(18(21)22)23-16-7-3-2-5-12(16)13-8-9-15(19)14-6-4-10-20-17(13)14/h2-11H,1H3,(H,21,22)/t11-/m0/s1. The van der Waals surface area contributed by atoms with Gasteiger partial charge < -0.3 is 9.84 Å². The highest BCUT2D eigenvalue weighted by atomic mass is 19.1. The van der Waals surface area contributed by atoms with Gasteiger partial charge in [-0.05, 0) is 37.3 Å². The highest BCUT2D eigenvalue weighted by molar-refractivity contribution is 5.95. The number of halogens is 1. The van der Waals surface area contributed by atoms with Crippen LogP contribution in [-0.2, 0) is 4.79 Å². The van der Waals surface area contributed by atoms with Gasteiger partial charge in [-0.1, -0.05) is 18.2 Å². The summed E-state index contributed by atoms with van der Waals surface area (Å²) in [5, 5.41) is 9.43. The van der Waals surface area contributed by atoms with Crippen LogP contribution in [0.4, 0.5) is 4.39 Å². The first-order valence-electron chi connectivity index (χ1n) is 7.10. The van der Waals surface area contributed by atoms with Crippen LogP contribution in [0.5, 0.6) is 5.75 Å². The van der Waals surface area contributed by atoms with E-state index in [1.54, 1.807) is 42.6 Å². The Hall–Kier alpha value is -2.95. The van der Waals surface area contributed by atoms with E-state index >= 15 is 0 Å². The van der Waals surface area contributed by atoms with Gasteiger partial charge in [0, 0.05) is 22.7 Å². The second-order valence-corrected chi connectivity index (χ2v) is 5.09. The SMILES string of the molecule is C[C@H](Oc1ccccc1-c1ccc(F)c2cccnc12)C(=O)O. The van der Waals surface area contributed by atoms with Crippen molar-refractivity contribution >= 4 is 16.9 Å². The molecule has 4 nitrogen and oxygen atoms in total. The van der Waals surface area contributed by atoms with E-state index in [1.165, 1.54) is 13.0 Å². The summed E-state index contributed by atoms with van der Waals surface area (Å²) in [7, 11) is 0. The third-order valence-electron chi connectivity index (χ3n) is 3.55. The lowest BCUT2D eigenvalue weighted by Crippen LogP contribution is -2.23. The van der Waals surface area contributed by atoms with Gasteiger partial charge in [0.2, 0.25) is 0 Å². The van der Waals surface area contributed by atoms with Crippen molar-refractivity contribution in [2.75, 3.05) is 0 Å². The zero-order valence-corrected chi connectivity index (χ0v) is 12.4. The molecule has 3 aromatic rings. The lowest BCUT2D eigenvalue weighted by atomic mass is 10.0. The van der Waals surface area contributed by atoms with Crippen LogP contribution < -0.4 is 4.74 Å². The number of carboxylic acid groups (broad SMARTS) is 1. The molecule has 1 aromatic heterocycles. The smallest absolute Gasteiger partial charge is 0.344 e. The molecular formula is C18H14FNO3. The number of hydrogen-bond acceptors (Lipinski definition) is 3. The number of benzene rings is 2. The summed E-state index contributed by atoms with van der Waals surface area (Å²) in [6.45, 7) is 1.46. The van der Waals surface area contributed by atoms with Crippen molar-refractivity contribution in [1.29, 1.82) is 0 Å². The highest BCUT2D eigenvalue weighted by Crippen LogP contribution is 2.35. The fourth-order valence-electron chi connectivity index (χ4n) is 2.39. The molecule has 2 aromatic carbocycles. The van der Waals surface area contributed by atoms with Crippen molar-refractivity contribution in [2.45, 2.75) is 13.0 Å². The van der Waals surface area contributed by atoms with Crippen LogP contribution in [0.3, 0.4) is 0 Å². The summed E-state index contributed by atoms with van der Waals surface area (Å²) in [6.07, 6.45) is 0.602. The lowest BCUT2D eigenvalue weighted by Gasteiger charge is -2.15. The molecule has 1 atom stereocenters. The fourth-order valence-corrected chi connectivity index (χ4v) is 2.39. The monoisotopic (exact) mass is 311 g/mol. The van der Waals surface area contributed by atoms with E-state index < -0.39 is 12.1 Å². The molecule has 0 amide bonds. The van der Waals surface area contributed by atoms with Crippen molar-refractivity contribution < 1.29 is 19.0 Å². The molecule has 0 saturated carbocycles. The Labute approximate surface area is 132 Å². The molecule has 0 unspecified atom stereocenters. The summed E-state index contributed by atoms with van der Waals surface area (Å²) >= 11 is 0. The zero-order chi connectivity index (χ0) is 16.4. The lowest BCUT2D eigenvalue weighted by molar-refractivity contribution is -0.144. The Morgan fingerprint density at radius 1 is 1.13 bits per heavy atom. The Balaban J connectivity index is 2.17. The van der Waals surface area contributed by atoms with Crippen LogP contribution in [0.25, 0.3) is 22.0 Å². The number of pyridine rings is 1. The number of aromatic nitrogens is 1. The molecular weight excluding hydrogens is 297 g/mol. The number of para-hydroxylation sites is 1. The molecule has 0 aliphatic heterocycles. The van der Waals surface area contributed by atoms with E-state index in [0.717, 1.165) is 0 Å². The topological polar surface area (TPSA) is 59.4 Å². The number of rotatable bonds is 4. The first-order chi connectivity index (χ1) is 11.1. The molecule has 1 N–H and O–H groups in total. The van der Waals surface area contributed by atoms with Gasteiger partial charge in [-0.3, -0.25) is 4.98 Å². The number of carbonyl (C=O) groups is 1. The van der Waals surface area contributed by atoms with Gasteiger partial charge in [-0.15, -0.1) is 0 Å². The molecule has 1 heterocycles. The van der Waals surface area contributed by atoms with Crippen LogP contribution in [0.15, 0.2) is 54.7 Å². The number of fused-ring (bicyclic) bond motifs is 1. The largest absolute Gasteiger partial charge is 0.479 e. The maximum absolute atomic E-state index is 13.9. The van der Waals surface area contributed by atoms with Crippen LogP contribution in [0, 0.1) is 5.82 Å². The Kier molecular flexibility index (Phi) is 3.93. The maximum Gasteiger partial charge on any atom is 0.344 e. The maximum atomic E-state index is 13.9. The van der Waals surface area contributed by atoms with Crippen LogP contribution in [0.2, 0.25) is 0 Å². The van der Waals surface area contributed by atoms with Crippen LogP contribution in [-0.4, -0.2) is 22.2 Å². The van der Waals surface area contributed by atoms with Gasteiger partial charge in [0.15, 0.2) is 6.10 Å². The quantitative estimate of drug-likeness (QED) is 0.794. The molecule has 0 aliphatic rings. The number of hydrogen-bond donors (Lipinski definition) is 1. The van der Waals surface area contributed by atoms with E-state index in [0.29, 0.717) is 27.8 Å². The Morgan fingerprint density at radius 3 is 2.70 bits per heavy atom. The highest BCUT2D eigenvalue weighted by Gasteiger charge is 2.17. The number of ether oxygens (including phenoxy) is 1. The third-order valence-corrected chi connectivity index (χ3v) is 3.55. The van der Waals surface area contributed by atoms with Gasteiger partial charge in [0.05, 0.1) is 5.52 Å². The van der Waals surface area contributed by atoms with Crippen LogP contribution in [0.1, 0.15) is 6.92 Å². The minimum atomic E-state index is -1.05. The molecule has 116 valence electrons. The first kappa shape index (κ1) is 15.0. The van der Waals surface area contributed by atoms with Gasteiger partial charge >= 0.3 is 5.97 Å². The van der Waals surface area contributed by atoms with Gasteiger partial charge in [-0.25, -0.2) is 9.18 Å². The third kappa shape index (κ3) is 2.85. The number of nitrogens with zero attached hydrogens (tertiary/aromatic N) is 1. The van der Waals surface area contributed by atoms with Gasteiger partial charge in [-0.2, -0.15) is 0 Å². The molecule has 0 aliphatic carbocycles. The van der Waals surface area contributed by atoms with E-state index in [2.05, 4.69) is 4.98 Å². The summed E-state index contributed by atoms with van der Waals surface area (Å²) in [6, 6.07) is 13.4. The molecule has 0 spiro atoms. The Bertz CT molecular complexity index is 879. The van der Waals surface area contributed by atoms with E-state index in [-0.39, 0.29) is 5.82 Å². The molecule has 0 saturated heterocycles. The second kappa shape index (κ2) is 6.04. The summed E-state index contributed by atoms with van der Waals surface area (Å²) in [4.78, 5) is 15.3. The van der Waals surface area contributed by atoms with Crippen molar-refractivity contribution in [3.8, 4) is 16.9 Å².